The highest BCUT2D eigenvalue weighted by molar-refractivity contribution is 5.91. The number of anilines is 1. The second kappa shape index (κ2) is 7.81. The highest BCUT2D eigenvalue weighted by atomic mass is 19.4. The number of nitrogens with zero attached hydrogens (tertiary/aromatic N) is 3. The number of hydrogen-bond acceptors (Lipinski definition) is 5. The first kappa shape index (κ1) is 18.9. The summed E-state index contributed by atoms with van der Waals surface area (Å²) in [6.07, 6.45) is -0.224. The second-order valence-corrected chi connectivity index (χ2v) is 6.38. The van der Waals surface area contributed by atoms with Gasteiger partial charge in [0.2, 0.25) is 0 Å². The van der Waals surface area contributed by atoms with E-state index in [1.54, 1.807) is 12.1 Å². The molecule has 9 heteroatoms. The molecule has 0 atom stereocenters. The predicted molar refractivity (Wildman–Crippen MR) is 92.4 cm³/mol. The molecule has 6 nitrogen and oxygen atoms in total. The number of nitrogens with two attached hydrogens (primary N) is 1. The number of alkyl halides is 3. The van der Waals surface area contributed by atoms with Gasteiger partial charge in [0.25, 0.3) is 5.91 Å². The highest BCUT2D eigenvalue weighted by Gasteiger charge is 2.33. The van der Waals surface area contributed by atoms with Crippen LogP contribution in [0.15, 0.2) is 36.7 Å². The number of ether oxygens (including phenoxy) is 1. The smallest absolute Gasteiger partial charge is 0.433 e. The Balaban J connectivity index is 1.54. The summed E-state index contributed by atoms with van der Waals surface area (Å²) in [6, 6.07) is 5.82. The highest BCUT2D eigenvalue weighted by Crippen LogP contribution is 2.31. The third-order valence-electron chi connectivity index (χ3n) is 4.48. The molecule has 27 heavy (non-hydrogen) atoms. The van der Waals surface area contributed by atoms with E-state index in [1.165, 1.54) is 18.5 Å². The van der Waals surface area contributed by atoms with E-state index in [0.717, 1.165) is 18.9 Å². The molecule has 1 aliphatic rings. The number of hydrogen-bond donors (Lipinski definition) is 1. The fourth-order valence-electron chi connectivity index (χ4n) is 2.98. The van der Waals surface area contributed by atoms with E-state index in [9.17, 15) is 18.0 Å². The fraction of sp³-hybridized carbons (Fsp3) is 0.389. The van der Waals surface area contributed by atoms with Crippen molar-refractivity contribution in [3.8, 4) is 5.75 Å². The topological polar surface area (TPSA) is 81.3 Å². The van der Waals surface area contributed by atoms with Crippen molar-refractivity contribution >= 4 is 11.6 Å². The van der Waals surface area contributed by atoms with E-state index >= 15 is 0 Å². The number of primary amides is 1. The van der Waals surface area contributed by atoms with Gasteiger partial charge in [-0.2, -0.15) is 13.2 Å². The summed E-state index contributed by atoms with van der Waals surface area (Å²) in [5.74, 6) is 0.171. The van der Waals surface area contributed by atoms with Gasteiger partial charge < -0.3 is 15.4 Å². The van der Waals surface area contributed by atoms with Gasteiger partial charge in [0, 0.05) is 37.2 Å². The molecule has 1 aliphatic heterocycles. The van der Waals surface area contributed by atoms with E-state index in [0.29, 0.717) is 31.1 Å². The van der Waals surface area contributed by atoms with E-state index in [-0.39, 0.29) is 11.6 Å². The molecule has 1 saturated heterocycles. The molecule has 0 aliphatic carbocycles. The van der Waals surface area contributed by atoms with Crippen molar-refractivity contribution in [3.63, 3.8) is 0 Å². The zero-order valence-electron chi connectivity index (χ0n) is 14.4. The maximum Gasteiger partial charge on any atom is 0.433 e. The zero-order valence-corrected chi connectivity index (χ0v) is 14.4. The van der Waals surface area contributed by atoms with Crippen LogP contribution in [-0.4, -0.2) is 35.6 Å². The van der Waals surface area contributed by atoms with E-state index < -0.39 is 17.8 Å². The molecule has 0 saturated carbocycles. The Kier molecular flexibility index (Phi) is 5.48. The van der Waals surface area contributed by atoms with Crippen molar-refractivity contribution in [3.05, 3.63) is 48.0 Å². The van der Waals surface area contributed by atoms with Crippen molar-refractivity contribution < 1.29 is 22.7 Å². The Morgan fingerprint density at radius 3 is 2.56 bits per heavy atom. The summed E-state index contributed by atoms with van der Waals surface area (Å²) in [5, 5.41) is 0. The van der Waals surface area contributed by atoms with Crippen molar-refractivity contribution in [1.29, 1.82) is 0 Å². The molecule has 2 aromatic heterocycles. The van der Waals surface area contributed by atoms with Crippen LogP contribution >= 0.6 is 0 Å². The number of amides is 1. The van der Waals surface area contributed by atoms with E-state index in [1.807, 2.05) is 4.90 Å². The molecule has 0 radical (unpaired) electrons. The van der Waals surface area contributed by atoms with Crippen molar-refractivity contribution in [2.75, 3.05) is 24.6 Å². The van der Waals surface area contributed by atoms with Gasteiger partial charge in [0.1, 0.15) is 17.1 Å². The molecular weight excluding hydrogens is 361 g/mol. The van der Waals surface area contributed by atoms with Gasteiger partial charge in [-0.15, -0.1) is 0 Å². The van der Waals surface area contributed by atoms with Gasteiger partial charge in [0.15, 0.2) is 0 Å². The Labute approximate surface area is 154 Å². The lowest BCUT2D eigenvalue weighted by molar-refractivity contribution is -0.141. The summed E-state index contributed by atoms with van der Waals surface area (Å²) < 4.78 is 44.1. The average molecular weight is 380 g/mol. The zero-order chi connectivity index (χ0) is 19.4. The van der Waals surface area contributed by atoms with E-state index in [4.69, 9.17) is 10.5 Å². The summed E-state index contributed by atoms with van der Waals surface area (Å²) in [7, 11) is 0. The minimum absolute atomic E-state index is 0.139. The first-order valence-corrected chi connectivity index (χ1v) is 8.50. The molecule has 1 amide bonds. The lowest BCUT2D eigenvalue weighted by Crippen LogP contribution is -2.35. The van der Waals surface area contributed by atoms with Crippen LogP contribution in [-0.2, 0) is 6.18 Å². The quantitative estimate of drug-likeness (QED) is 0.863. The number of halogens is 3. The number of carbonyl (C=O) groups is 1. The van der Waals surface area contributed by atoms with Crippen LogP contribution in [0, 0.1) is 5.92 Å². The van der Waals surface area contributed by atoms with Crippen LogP contribution in [0.3, 0.4) is 0 Å². The summed E-state index contributed by atoms with van der Waals surface area (Å²) in [5.41, 5.74) is 4.98. The first-order chi connectivity index (χ1) is 12.8. The minimum Gasteiger partial charge on any atom is -0.493 e. The lowest BCUT2D eigenvalue weighted by atomic mass is 9.97. The first-order valence-electron chi connectivity index (χ1n) is 8.50. The molecule has 2 aromatic rings. The largest absolute Gasteiger partial charge is 0.493 e. The monoisotopic (exact) mass is 380 g/mol. The normalized spacial score (nSPS) is 15.6. The molecule has 3 heterocycles. The van der Waals surface area contributed by atoms with E-state index in [2.05, 4.69) is 9.97 Å². The second-order valence-electron chi connectivity index (χ2n) is 6.38. The van der Waals surface area contributed by atoms with Gasteiger partial charge in [-0.3, -0.25) is 14.8 Å². The maximum absolute atomic E-state index is 12.8. The van der Waals surface area contributed by atoms with Crippen molar-refractivity contribution in [2.45, 2.75) is 19.0 Å². The molecule has 0 unspecified atom stereocenters. The summed E-state index contributed by atoms with van der Waals surface area (Å²) in [4.78, 5) is 20.3. The maximum atomic E-state index is 12.8. The number of pyridine rings is 2. The van der Waals surface area contributed by atoms with Crippen LogP contribution < -0.4 is 15.4 Å². The fourth-order valence-corrected chi connectivity index (χ4v) is 2.98. The molecule has 0 aromatic carbocycles. The Morgan fingerprint density at radius 2 is 1.89 bits per heavy atom. The molecular formula is C18H19F3N4O2. The van der Waals surface area contributed by atoms with Crippen molar-refractivity contribution in [1.82, 2.24) is 9.97 Å². The Hall–Kier alpha value is -2.84. The van der Waals surface area contributed by atoms with Gasteiger partial charge in [-0.1, -0.05) is 0 Å². The third-order valence-corrected chi connectivity index (χ3v) is 4.48. The van der Waals surface area contributed by atoms with Gasteiger partial charge >= 0.3 is 6.18 Å². The Morgan fingerprint density at radius 1 is 1.19 bits per heavy atom. The molecule has 2 N–H and O–H groups in total. The summed E-state index contributed by atoms with van der Waals surface area (Å²) in [6.45, 7) is 1.73. The van der Waals surface area contributed by atoms with Gasteiger partial charge in [0.05, 0.1) is 6.61 Å². The van der Waals surface area contributed by atoms with Crippen LogP contribution in [0.4, 0.5) is 18.9 Å². The Bertz CT molecular complexity index is 805. The lowest BCUT2D eigenvalue weighted by Gasteiger charge is -2.33. The van der Waals surface area contributed by atoms with Crippen LogP contribution in [0.2, 0.25) is 0 Å². The van der Waals surface area contributed by atoms with Crippen LogP contribution in [0.1, 0.15) is 29.0 Å². The molecule has 144 valence electrons. The van der Waals surface area contributed by atoms with Crippen LogP contribution in [0.25, 0.3) is 0 Å². The van der Waals surface area contributed by atoms with Crippen molar-refractivity contribution in [2.24, 2.45) is 11.7 Å². The predicted octanol–water partition coefficient (Wildman–Crippen LogP) is 2.89. The van der Waals surface area contributed by atoms with Gasteiger partial charge in [-0.25, -0.2) is 0 Å². The number of carbonyl (C=O) groups excluding carboxylic acids is 1. The van der Waals surface area contributed by atoms with Crippen LogP contribution in [0.5, 0.6) is 5.75 Å². The number of rotatable bonds is 5. The standard InChI is InChI=1S/C18H19F3N4O2/c19-18(20,21)16-9-13(1-5-24-16)25-7-3-12(4-8-25)11-27-14-2-6-23-15(10-14)17(22)26/h1-2,5-6,9-10,12H,3-4,7-8,11H2,(H2,22,26). The summed E-state index contributed by atoms with van der Waals surface area (Å²) >= 11 is 0. The van der Waals surface area contributed by atoms with Gasteiger partial charge in [-0.05, 0) is 37.0 Å². The molecule has 0 bridgehead atoms. The average Bonchev–Trinajstić information content (AvgIpc) is 2.66. The molecule has 1 fully saturated rings. The molecule has 3 rings (SSSR count). The molecule has 0 spiro atoms. The SMILES string of the molecule is NC(=O)c1cc(OCC2CCN(c3ccnc(C(F)(F)F)c3)CC2)ccn1. The number of aromatic nitrogens is 2. The number of piperidine rings is 1. The third kappa shape index (κ3) is 4.87. The minimum atomic E-state index is -4.45.